The van der Waals surface area contributed by atoms with Gasteiger partial charge in [-0.15, -0.1) is 0 Å². The minimum absolute atomic E-state index is 0.113. The molecule has 0 saturated heterocycles. The summed E-state index contributed by atoms with van der Waals surface area (Å²) in [5.74, 6) is 0.657. The van der Waals surface area contributed by atoms with Gasteiger partial charge in [-0.05, 0) is 47.5 Å². The van der Waals surface area contributed by atoms with Crippen molar-refractivity contribution in [3.05, 3.63) is 89.0 Å². The van der Waals surface area contributed by atoms with Crippen LogP contribution in [-0.4, -0.2) is 33.1 Å². The zero-order valence-electron chi connectivity index (χ0n) is 18.1. The molecule has 0 unspecified atom stereocenters. The second-order valence-corrected chi connectivity index (χ2v) is 7.39. The molecule has 0 aromatic heterocycles. The summed E-state index contributed by atoms with van der Waals surface area (Å²) in [6.45, 7) is 0.310. The molecule has 4 rings (SSSR count). The van der Waals surface area contributed by atoms with Gasteiger partial charge in [-0.3, -0.25) is 4.79 Å². The van der Waals surface area contributed by atoms with Crippen LogP contribution in [0, 0.1) is 0 Å². The molecule has 164 valence electrons. The molecule has 7 heteroatoms. The van der Waals surface area contributed by atoms with E-state index in [9.17, 15) is 9.59 Å². The number of carbonyl (C=O) groups excluding carboxylic acids is 2. The minimum Gasteiger partial charge on any atom is -0.493 e. The Morgan fingerprint density at radius 1 is 1.00 bits per heavy atom. The summed E-state index contributed by atoms with van der Waals surface area (Å²) < 4.78 is 16.2. The highest BCUT2D eigenvalue weighted by Gasteiger charge is 2.29. The molecule has 0 bridgehead atoms. The molecule has 1 aliphatic heterocycles. The fourth-order valence-electron chi connectivity index (χ4n) is 3.71. The summed E-state index contributed by atoms with van der Waals surface area (Å²) in [5.41, 5.74) is 3.78. The summed E-state index contributed by atoms with van der Waals surface area (Å²) in [6, 6.07) is 20.2. The van der Waals surface area contributed by atoms with Gasteiger partial charge in [0.05, 0.1) is 31.0 Å². The number of methoxy groups -OCH3 is 2. The lowest BCUT2D eigenvalue weighted by Crippen LogP contribution is -2.44. The molecule has 0 radical (unpaired) electrons. The second-order valence-electron chi connectivity index (χ2n) is 7.39. The van der Waals surface area contributed by atoms with Crippen molar-refractivity contribution < 1.29 is 23.8 Å². The molecule has 0 fully saturated rings. The van der Waals surface area contributed by atoms with E-state index < -0.39 is 0 Å². The maximum absolute atomic E-state index is 12.6. The monoisotopic (exact) mass is 432 g/mol. The highest BCUT2D eigenvalue weighted by atomic mass is 16.5. The van der Waals surface area contributed by atoms with Gasteiger partial charge in [0.2, 0.25) is 0 Å². The number of hydrogen-bond donors (Lipinski definition) is 1. The van der Waals surface area contributed by atoms with Gasteiger partial charge >= 0.3 is 5.97 Å². The molecule has 1 aliphatic rings. The first-order valence-electron chi connectivity index (χ1n) is 10.1. The Hall–Kier alpha value is -4.00. The predicted octanol–water partition coefficient (Wildman–Crippen LogP) is 3.94. The van der Waals surface area contributed by atoms with E-state index in [0.717, 1.165) is 16.8 Å². The van der Waals surface area contributed by atoms with E-state index in [1.165, 1.54) is 7.11 Å². The van der Waals surface area contributed by atoms with Crippen molar-refractivity contribution in [2.24, 2.45) is 0 Å². The number of benzene rings is 3. The highest BCUT2D eigenvalue weighted by Crippen LogP contribution is 2.36. The number of nitrogens with one attached hydrogen (secondary N) is 1. The Morgan fingerprint density at radius 2 is 1.75 bits per heavy atom. The Kier molecular flexibility index (Phi) is 5.98. The number of nitrogens with zero attached hydrogens (tertiary/aromatic N) is 1. The van der Waals surface area contributed by atoms with Crippen molar-refractivity contribution in [1.82, 2.24) is 5.32 Å². The molecule has 1 amide bonds. The van der Waals surface area contributed by atoms with Gasteiger partial charge in [0.25, 0.3) is 5.91 Å². The Bertz CT molecular complexity index is 1140. The Morgan fingerprint density at radius 3 is 2.47 bits per heavy atom. The normalized spacial score (nSPS) is 14.9. The number of anilines is 1. The third-order valence-electron chi connectivity index (χ3n) is 5.46. The van der Waals surface area contributed by atoms with Crippen LogP contribution in [0.4, 0.5) is 5.69 Å². The van der Waals surface area contributed by atoms with Crippen LogP contribution < -0.4 is 19.7 Å². The van der Waals surface area contributed by atoms with Gasteiger partial charge in [-0.1, -0.05) is 30.3 Å². The fraction of sp³-hybridized carbons (Fsp3) is 0.200. The molecule has 1 N–H and O–H groups in total. The highest BCUT2D eigenvalue weighted by molar-refractivity contribution is 6.02. The zero-order chi connectivity index (χ0) is 22.7. The first-order valence-corrected chi connectivity index (χ1v) is 10.1. The maximum Gasteiger partial charge on any atom is 0.337 e. The first kappa shape index (κ1) is 21.2. The standard InChI is InChI=1S/C25H24N2O5/c1-27-20-7-5-4-6-19(20)24(28)26-23(27)18-12-13-21(22(14-18)30-2)32-15-16-8-10-17(11-9-16)25(29)31-3/h4-14,23H,15H2,1-3H3,(H,26,28)/t23-/m0/s1. The van der Waals surface area contributed by atoms with E-state index in [4.69, 9.17) is 14.2 Å². The van der Waals surface area contributed by atoms with Gasteiger partial charge in [-0.25, -0.2) is 4.79 Å². The lowest BCUT2D eigenvalue weighted by molar-refractivity contribution is 0.0600. The SMILES string of the molecule is COC(=O)c1ccc(COc2ccc([C@H]3NC(=O)c4ccccc4N3C)cc2OC)cc1. The summed E-state index contributed by atoms with van der Waals surface area (Å²) in [6.07, 6.45) is -0.328. The van der Waals surface area contributed by atoms with Crippen molar-refractivity contribution >= 4 is 17.6 Å². The van der Waals surface area contributed by atoms with Crippen molar-refractivity contribution in [2.45, 2.75) is 12.8 Å². The molecule has 1 heterocycles. The van der Waals surface area contributed by atoms with Crippen LogP contribution in [0.25, 0.3) is 0 Å². The molecule has 3 aromatic carbocycles. The van der Waals surface area contributed by atoms with Crippen molar-refractivity contribution in [3.8, 4) is 11.5 Å². The van der Waals surface area contributed by atoms with Crippen LogP contribution in [0.5, 0.6) is 11.5 Å². The zero-order valence-corrected chi connectivity index (χ0v) is 18.1. The second kappa shape index (κ2) is 9.01. The lowest BCUT2D eigenvalue weighted by Gasteiger charge is -2.36. The van der Waals surface area contributed by atoms with Gasteiger partial charge < -0.3 is 24.4 Å². The molecular weight excluding hydrogens is 408 g/mol. The molecule has 3 aromatic rings. The maximum atomic E-state index is 12.6. The van der Waals surface area contributed by atoms with Crippen molar-refractivity contribution in [1.29, 1.82) is 0 Å². The number of esters is 1. The Labute approximate surface area is 186 Å². The van der Waals surface area contributed by atoms with Crippen LogP contribution in [0.2, 0.25) is 0 Å². The average Bonchev–Trinajstić information content (AvgIpc) is 2.84. The van der Waals surface area contributed by atoms with E-state index in [1.54, 1.807) is 19.2 Å². The van der Waals surface area contributed by atoms with E-state index in [2.05, 4.69) is 5.32 Å². The third-order valence-corrected chi connectivity index (χ3v) is 5.46. The van der Waals surface area contributed by atoms with Crippen molar-refractivity contribution in [2.75, 3.05) is 26.2 Å². The van der Waals surface area contributed by atoms with E-state index in [-0.39, 0.29) is 18.0 Å². The van der Waals surface area contributed by atoms with E-state index in [1.807, 2.05) is 66.5 Å². The van der Waals surface area contributed by atoms with Crippen LogP contribution in [0.15, 0.2) is 66.7 Å². The van der Waals surface area contributed by atoms with Crippen LogP contribution in [0.1, 0.15) is 38.0 Å². The predicted molar refractivity (Wildman–Crippen MR) is 120 cm³/mol. The molecular formula is C25H24N2O5. The number of carbonyl (C=O) groups is 2. The summed E-state index contributed by atoms with van der Waals surface area (Å²) in [4.78, 5) is 26.1. The molecule has 7 nitrogen and oxygen atoms in total. The molecule has 32 heavy (non-hydrogen) atoms. The summed E-state index contributed by atoms with van der Waals surface area (Å²) in [7, 11) is 4.87. The number of hydrogen-bond acceptors (Lipinski definition) is 6. The molecule has 0 aliphatic carbocycles. The van der Waals surface area contributed by atoms with Crippen LogP contribution >= 0.6 is 0 Å². The van der Waals surface area contributed by atoms with Gasteiger partial charge in [0.1, 0.15) is 12.8 Å². The lowest BCUT2D eigenvalue weighted by atomic mass is 10.0. The van der Waals surface area contributed by atoms with Gasteiger partial charge in [0.15, 0.2) is 11.5 Å². The summed E-state index contributed by atoms with van der Waals surface area (Å²) in [5, 5.41) is 3.04. The topological polar surface area (TPSA) is 77.1 Å². The molecule has 0 saturated carbocycles. The smallest absolute Gasteiger partial charge is 0.337 e. The number of para-hydroxylation sites is 1. The fourth-order valence-corrected chi connectivity index (χ4v) is 3.71. The third kappa shape index (κ3) is 4.09. The largest absolute Gasteiger partial charge is 0.493 e. The van der Waals surface area contributed by atoms with Gasteiger partial charge in [-0.2, -0.15) is 0 Å². The molecule has 1 atom stereocenters. The Balaban J connectivity index is 1.51. The minimum atomic E-state index is -0.378. The number of ether oxygens (including phenoxy) is 3. The van der Waals surface area contributed by atoms with Crippen LogP contribution in [-0.2, 0) is 11.3 Å². The number of rotatable bonds is 6. The number of fused-ring (bicyclic) bond motifs is 1. The summed E-state index contributed by atoms with van der Waals surface area (Å²) >= 11 is 0. The van der Waals surface area contributed by atoms with Crippen molar-refractivity contribution in [3.63, 3.8) is 0 Å². The van der Waals surface area contributed by atoms with E-state index >= 15 is 0 Å². The quantitative estimate of drug-likeness (QED) is 0.595. The van der Waals surface area contributed by atoms with Crippen LogP contribution in [0.3, 0.4) is 0 Å². The van der Waals surface area contributed by atoms with Gasteiger partial charge in [0, 0.05) is 7.05 Å². The van der Waals surface area contributed by atoms with E-state index in [0.29, 0.717) is 29.2 Å². The molecule has 0 spiro atoms. The first-order chi connectivity index (χ1) is 15.5. The number of amides is 1. The average molecular weight is 432 g/mol.